The van der Waals surface area contributed by atoms with E-state index in [1.165, 1.54) is 22.0 Å². The molecule has 29 heavy (non-hydrogen) atoms. The summed E-state index contributed by atoms with van der Waals surface area (Å²) in [5.74, 6) is 0. The molecule has 2 aromatic carbocycles. The molecule has 0 spiro atoms. The number of hydrogen-bond donors (Lipinski definition) is 0. The molecule has 2 heterocycles. The number of benzene rings is 2. The molecule has 0 unspecified atom stereocenters. The maximum atomic E-state index is 12.9. The number of aryl methyl sites for hydroxylation is 1. The standard InChI is InChI=1S/C20H19Cl2N3O2S2/c1-14-2-4-15(5-3-14)18-13-28-20(23-18)24-8-10-25(11-9-24)29(26,27)19-7-6-16(21)12-17(19)22/h2-7,12-13H,8-11H2,1H3. The molecule has 0 bridgehead atoms. The Labute approximate surface area is 184 Å². The molecule has 9 heteroatoms. The van der Waals surface area contributed by atoms with E-state index in [4.69, 9.17) is 28.2 Å². The molecule has 152 valence electrons. The highest BCUT2D eigenvalue weighted by molar-refractivity contribution is 7.89. The second-order valence-corrected chi connectivity index (χ2v) is 10.4. The zero-order valence-corrected chi connectivity index (χ0v) is 18.8. The van der Waals surface area contributed by atoms with Gasteiger partial charge in [-0.2, -0.15) is 4.31 Å². The van der Waals surface area contributed by atoms with Crippen LogP contribution in [0, 0.1) is 6.92 Å². The average Bonchev–Trinajstić information content (AvgIpc) is 3.18. The van der Waals surface area contributed by atoms with E-state index in [0.717, 1.165) is 16.4 Å². The highest BCUT2D eigenvalue weighted by Crippen LogP contribution is 2.31. The van der Waals surface area contributed by atoms with Crippen LogP contribution in [0.2, 0.25) is 10.0 Å². The van der Waals surface area contributed by atoms with Crippen molar-refractivity contribution in [3.8, 4) is 11.3 Å². The van der Waals surface area contributed by atoms with Gasteiger partial charge in [0.05, 0.1) is 10.7 Å². The van der Waals surface area contributed by atoms with Crippen molar-refractivity contribution in [3.05, 3.63) is 63.5 Å². The van der Waals surface area contributed by atoms with Crippen molar-refractivity contribution in [2.45, 2.75) is 11.8 Å². The zero-order valence-electron chi connectivity index (χ0n) is 15.7. The first-order valence-corrected chi connectivity index (χ1v) is 12.1. The number of rotatable bonds is 4. The van der Waals surface area contributed by atoms with Crippen molar-refractivity contribution < 1.29 is 8.42 Å². The molecule has 1 saturated heterocycles. The second-order valence-electron chi connectivity index (χ2n) is 6.85. The number of hydrogen-bond acceptors (Lipinski definition) is 5. The third kappa shape index (κ3) is 4.29. The van der Waals surface area contributed by atoms with Crippen molar-refractivity contribution in [2.24, 2.45) is 0 Å². The van der Waals surface area contributed by atoms with Crippen LogP contribution < -0.4 is 4.90 Å². The van der Waals surface area contributed by atoms with Gasteiger partial charge in [-0.25, -0.2) is 13.4 Å². The SMILES string of the molecule is Cc1ccc(-c2csc(N3CCN(S(=O)(=O)c4ccc(Cl)cc4Cl)CC3)n2)cc1. The number of anilines is 1. The summed E-state index contributed by atoms with van der Waals surface area (Å²) >= 11 is 13.6. The molecule has 3 aromatic rings. The first-order chi connectivity index (χ1) is 13.8. The normalized spacial score (nSPS) is 15.6. The van der Waals surface area contributed by atoms with Crippen LogP contribution in [0.1, 0.15) is 5.56 Å². The number of halogens is 2. The summed E-state index contributed by atoms with van der Waals surface area (Å²) in [5.41, 5.74) is 3.23. The molecule has 5 nitrogen and oxygen atoms in total. The minimum Gasteiger partial charge on any atom is -0.345 e. The van der Waals surface area contributed by atoms with Crippen LogP contribution in [0.5, 0.6) is 0 Å². The van der Waals surface area contributed by atoms with Gasteiger partial charge in [0.15, 0.2) is 5.13 Å². The maximum absolute atomic E-state index is 12.9. The van der Waals surface area contributed by atoms with Crippen LogP contribution in [0.4, 0.5) is 5.13 Å². The Hall–Kier alpha value is -1.64. The van der Waals surface area contributed by atoms with Gasteiger partial charge in [-0.3, -0.25) is 0 Å². The monoisotopic (exact) mass is 467 g/mol. The molecular formula is C20H19Cl2N3O2S2. The van der Waals surface area contributed by atoms with Gasteiger partial charge in [0.2, 0.25) is 10.0 Å². The van der Waals surface area contributed by atoms with E-state index in [0.29, 0.717) is 31.2 Å². The van der Waals surface area contributed by atoms with Crippen molar-refractivity contribution >= 4 is 49.7 Å². The molecule has 4 rings (SSSR count). The highest BCUT2D eigenvalue weighted by atomic mass is 35.5. The van der Waals surface area contributed by atoms with E-state index in [2.05, 4.69) is 36.1 Å². The first kappa shape index (κ1) is 20.6. The van der Waals surface area contributed by atoms with Gasteiger partial charge in [-0.1, -0.05) is 53.0 Å². The lowest BCUT2D eigenvalue weighted by Crippen LogP contribution is -2.48. The lowest BCUT2D eigenvalue weighted by molar-refractivity contribution is 0.385. The van der Waals surface area contributed by atoms with Crippen molar-refractivity contribution in [1.29, 1.82) is 0 Å². The Kier molecular flexibility index (Phi) is 5.86. The summed E-state index contributed by atoms with van der Waals surface area (Å²) in [4.78, 5) is 6.96. The number of aromatic nitrogens is 1. The van der Waals surface area contributed by atoms with Gasteiger partial charge in [-0.05, 0) is 25.1 Å². The third-order valence-electron chi connectivity index (χ3n) is 4.86. The molecule has 0 N–H and O–H groups in total. The third-order valence-corrected chi connectivity index (χ3v) is 8.38. The van der Waals surface area contributed by atoms with Gasteiger partial charge in [0.1, 0.15) is 4.90 Å². The smallest absolute Gasteiger partial charge is 0.244 e. The van der Waals surface area contributed by atoms with Gasteiger partial charge in [0, 0.05) is 42.1 Å². The van der Waals surface area contributed by atoms with Gasteiger partial charge in [0.25, 0.3) is 0 Å². The lowest BCUT2D eigenvalue weighted by Gasteiger charge is -2.33. The Morgan fingerprint density at radius 2 is 1.69 bits per heavy atom. The van der Waals surface area contributed by atoms with Crippen LogP contribution in [-0.2, 0) is 10.0 Å². The minimum atomic E-state index is -3.66. The van der Waals surface area contributed by atoms with Crippen LogP contribution >= 0.6 is 34.5 Å². The number of sulfonamides is 1. The van der Waals surface area contributed by atoms with Crippen molar-refractivity contribution in [1.82, 2.24) is 9.29 Å². The lowest BCUT2D eigenvalue weighted by atomic mass is 10.1. The van der Waals surface area contributed by atoms with Crippen LogP contribution in [0.15, 0.2) is 52.7 Å². The van der Waals surface area contributed by atoms with E-state index in [-0.39, 0.29) is 9.92 Å². The van der Waals surface area contributed by atoms with Crippen molar-refractivity contribution in [2.75, 3.05) is 31.1 Å². The van der Waals surface area contributed by atoms with Gasteiger partial charge >= 0.3 is 0 Å². The molecule has 0 saturated carbocycles. The minimum absolute atomic E-state index is 0.0907. The second kappa shape index (κ2) is 8.24. The van der Waals surface area contributed by atoms with Gasteiger partial charge < -0.3 is 4.90 Å². The topological polar surface area (TPSA) is 53.5 Å². The summed E-state index contributed by atoms with van der Waals surface area (Å²) in [6.45, 7) is 3.96. The molecule has 0 aliphatic carbocycles. The number of thiazole rings is 1. The molecule has 0 atom stereocenters. The molecule has 0 radical (unpaired) electrons. The summed E-state index contributed by atoms with van der Waals surface area (Å²) in [6.07, 6.45) is 0. The fourth-order valence-corrected chi connectivity index (χ4v) is 6.27. The summed E-state index contributed by atoms with van der Waals surface area (Å²) in [6, 6.07) is 12.7. The summed E-state index contributed by atoms with van der Waals surface area (Å²) < 4.78 is 27.4. The van der Waals surface area contributed by atoms with Gasteiger partial charge in [-0.15, -0.1) is 11.3 Å². The largest absolute Gasteiger partial charge is 0.345 e. The molecule has 1 aliphatic heterocycles. The molecule has 0 amide bonds. The molecule has 1 fully saturated rings. The van der Waals surface area contributed by atoms with E-state index in [9.17, 15) is 8.42 Å². The van der Waals surface area contributed by atoms with Crippen LogP contribution in [0.25, 0.3) is 11.3 Å². The van der Waals surface area contributed by atoms with E-state index in [1.54, 1.807) is 17.4 Å². The predicted molar refractivity (Wildman–Crippen MR) is 120 cm³/mol. The predicted octanol–water partition coefficient (Wildman–Crippen LogP) is 4.94. The van der Waals surface area contributed by atoms with E-state index >= 15 is 0 Å². The van der Waals surface area contributed by atoms with E-state index < -0.39 is 10.0 Å². The van der Waals surface area contributed by atoms with Crippen molar-refractivity contribution in [3.63, 3.8) is 0 Å². The Balaban J connectivity index is 1.46. The fourth-order valence-electron chi connectivity index (χ4n) is 3.21. The Morgan fingerprint density at radius 1 is 1.00 bits per heavy atom. The Bertz CT molecular complexity index is 1120. The maximum Gasteiger partial charge on any atom is 0.244 e. The summed E-state index contributed by atoms with van der Waals surface area (Å²) in [5, 5.41) is 3.49. The molecule has 1 aromatic heterocycles. The van der Waals surface area contributed by atoms with Crippen LogP contribution in [0.3, 0.4) is 0 Å². The van der Waals surface area contributed by atoms with Crippen LogP contribution in [-0.4, -0.2) is 43.9 Å². The fraction of sp³-hybridized carbons (Fsp3) is 0.250. The number of piperazine rings is 1. The average molecular weight is 468 g/mol. The molecular weight excluding hydrogens is 449 g/mol. The first-order valence-electron chi connectivity index (χ1n) is 9.07. The van der Waals surface area contributed by atoms with E-state index in [1.807, 2.05) is 5.38 Å². The Morgan fingerprint density at radius 3 is 2.34 bits per heavy atom. The quantitative estimate of drug-likeness (QED) is 0.545. The number of nitrogens with zero attached hydrogens (tertiary/aromatic N) is 3. The molecule has 1 aliphatic rings. The zero-order chi connectivity index (χ0) is 20.6. The summed E-state index contributed by atoms with van der Waals surface area (Å²) in [7, 11) is -3.66. The highest BCUT2D eigenvalue weighted by Gasteiger charge is 2.31.